The van der Waals surface area contributed by atoms with Gasteiger partial charge in [0.1, 0.15) is 5.75 Å². The summed E-state index contributed by atoms with van der Waals surface area (Å²) in [6.45, 7) is 8.61. The van der Waals surface area contributed by atoms with E-state index in [-0.39, 0.29) is 17.2 Å². The zero-order chi connectivity index (χ0) is 15.8. The maximum atomic E-state index is 12.2. The van der Waals surface area contributed by atoms with Gasteiger partial charge in [0.2, 0.25) is 5.91 Å². The molecular weight excluding hydrogens is 284 g/mol. The zero-order valence-electron chi connectivity index (χ0n) is 13.3. The molecule has 1 atom stereocenters. The third kappa shape index (κ3) is 5.50. The third-order valence-corrected chi connectivity index (χ3v) is 4.48. The van der Waals surface area contributed by atoms with Crippen molar-refractivity contribution in [1.82, 2.24) is 5.32 Å². The molecule has 0 aliphatic heterocycles. The maximum absolute atomic E-state index is 12.2. The lowest BCUT2D eigenvalue weighted by Gasteiger charge is -2.19. The fourth-order valence-corrected chi connectivity index (χ4v) is 2.87. The van der Waals surface area contributed by atoms with Crippen LogP contribution in [0, 0.1) is 0 Å². The second-order valence-corrected chi connectivity index (χ2v) is 6.30. The highest BCUT2D eigenvalue weighted by atomic mass is 32.2. The number of hydrogen-bond acceptors (Lipinski definition) is 4. The first-order valence-corrected chi connectivity index (χ1v) is 8.39. The first kappa shape index (κ1) is 17.7. The van der Waals surface area contributed by atoms with Gasteiger partial charge in [0.25, 0.3) is 0 Å². The molecule has 4 nitrogen and oxygen atoms in total. The Labute approximate surface area is 131 Å². The van der Waals surface area contributed by atoms with E-state index in [4.69, 9.17) is 10.5 Å². The van der Waals surface area contributed by atoms with Gasteiger partial charge >= 0.3 is 0 Å². The molecule has 1 aromatic rings. The maximum Gasteiger partial charge on any atom is 0.233 e. The molecule has 1 rings (SSSR count). The molecule has 5 heteroatoms. The lowest BCUT2D eigenvalue weighted by Crippen LogP contribution is -2.38. The Bertz CT molecular complexity index is 462. The van der Waals surface area contributed by atoms with Crippen LogP contribution in [-0.2, 0) is 4.79 Å². The van der Waals surface area contributed by atoms with Crippen molar-refractivity contribution in [2.45, 2.75) is 56.7 Å². The third-order valence-electron chi connectivity index (χ3n) is 3.30. The van der Waals surface area contributed by atoms with E-state index in [0.29, 0.717) is 12.3 Å². The SMILES string of the molecule is CCOc1ccc(N)c(SC(C)C(=O)NC(CC)CC)c1. The van der Waals surface area contributed by atoms with E-state index >= 15 is 0 Å². The van der Waals surface area contributed by atoms with Crippen LogP contribution >= 0.6 is 11.8 Å². The molecule has 0 radical (unpaired) electrons. The molecule has 0 aliphatic rings. The molecule has 3 N–H and O–H groups in total. The van der Waals surface area contributed by atoms with Crippen molar-refractivity contribution >= 4 is 23.4 Å². The quantitative estimate of drug-likeness (QED) is 0.570. The highest BCUT2D eigenvalue weighted by Crippen LogP contribution is 2.32. The molecule has 0 spiro atoms. The Morgan fingerprint density at radius 1 is 1.33 bits per heavy atom. The van der Waals surface area contributed by atoms with Crippen LogP contribution in [0.4, 0.5) is 5.69 Å². The average molecular weight is 310 g/mol. The molecule has 1 unspecified atom stereocenters. The number of nitrogens with one attached hydrogen (secondary N) is 1. The number of ether oxygens (including phenoxy) is 1. The Hall–Kier alpha value is -1.36. The number of anilines is 1. The van der Waals surface area contributed by atoms with Gasteiger partial charge in [-0.15, -0.1) is 11.8 Å². The van der Waals surface area contributed by atoms with E-state index in [9.17, 15) is 4.79 Å². The molecule has 118 valence electrons. The summed E-state index contributed by atoms with van der Waals surface area (Å²) in [5, 5.41) is 2.87. The second-order valence-electron chi connectivity index (χ2n) is 4.91. The lowest BCUT2D eigenvalue weighted by molar-refractivity contribution is -0.121. The zero-order valence-corrected chi connectivity index (χ0v) is 14.1. The molecule has 0 fully saturated rings. The van der Waals surface area contributed by atoms with Gasteiger partial charge in [-0.25, -0.2) is 0 Å². The van der Waals surface area contributed by atoms with Crippen LogP contribution in [0.15, 0.2) is 23.1 Å². The van der Waals surface area contributed by atoms with E-state index in [2.05, 4.69) is 19.2 Å². The summed E-state index contributed by atoms with van der Waals surface area (Å²) >= 11 is 1.46. The normalized spacial score (nSPS) is 12.2. The topological polar surface area (TPSA) is 64.3 Å². The molecule has 21 heavy (non-hydrogen) atoms. The predicted octanol–water partition coefficient (Wildman–Crippen LogP) is 3.45. The smallest absolute Gasteiger partial charge is 0.233 e. The van der Waals surface area contributed by atoms with Crippen molar-refractivity contribution in [2.24, 2.45) is 0 Å². The molecule has 0 saturated carbocycles. The van der Waals surface area contributed by atoms with Gasteiger partial charge < -0.3 is 15.8 Å². The van der Waals surface area contributed by atoms with Gasteiger partial charge in [-0.3, -0.25) is 4.79 Å². The number of amides is 1. The van der Waals surface area contributed by atoms with Crippen LogP contribution < -0.4 is 15.8 Å². The molecule has 1 amide bonds. The minimum absolute atomic E-state index is 0.0508. The molecule has 0 heterocycles. The average Bonchev–Trinajstić information content (AvgIpc) is 2.48. The van der Waals surface area contributed by atoms with Crippen molar-refractivity contribution in [2.75, 3.05) is 12.3 Å². The number of hydrogen-bond donors (Lipinski definition) is 2. The Kier molecular flexibility index (Phi) is 7.43. The second kappa shape index (κ2) is 8.82. The van der Waals surface area contributed by atoms with Gasteiger partial charge in [0, 0.05) is 16.6 Å². The monoisotopic (exact) mass is 310 g/mol. The summed E-state index contributed by atoms with van der Waals surface area (Å²) in [6, 6.07) is 5.80. The number of rotatable bonds is 8. The highest BCUT2D eigenvalue weighted by Gasteiger charge is 2.18. The van der Waals surface area contributed by atoms with E-state index in [1.54, 1.807) is 0 Å². The van der Waals surface area contributed by atoms with E-state index in [0.717, 1.165) is 23.5 Å². The van der Waals surface area contributed by atoms with Crippen LogP contribution in [0.5, 0.6) is 5.75 Å². The van der Waals surface area contributed by atoms with E-state index < -0.39 is 0 Å². The summed E-state index contributed by atoms with van der Waals surface area (Å²) in [5.74, 6) is 0.830. The fraction of sp³-hybridized carbons (Fsp3) is 0.562. The first-order valence-electron chi connectivity index (χ1n) is 7.51. The van der Waals surface area contributed by atoms with Crippen molar-refractivity contribution in [3.8, 4) is 5.75 Å². The standard InChI is InChI=1S/C16H26N2O2S/c1-5-12(6-2)18-16(19)11(4)21-15-10-13(20-7-3)8-9-14(15)17/h8-12H,5-7,17H2,1-4H3,(H,18,19). The number of nitrogen functional groups attached to an aromatic ring is 1. The van der Waals surface area contributed by atoms with Crippen LogP contribution in [0.3, 0.4) is 0 Å². The summed E-state index contributed by atoms with van der Waals surface area (Å²) in [7, 11) is 0. The van der Waals surface area contributed by atoms with Gasteiger partial charge in [-0.05, 0) is 44.9 Å². The predicted molar refractivity (Wildman–Crippen MR) is 89.9 cm³/mol. The molecule has 0 saturated heterocycles. The molecular formula is C16H26N2O2S. The van der Waals surface area contributed by atoms with E-state index in [1.807, 2.05) is 32.0 Å². The summed E-state index contributed by atoms with van der Waals surface area (Å²) in [5.41, 5.74) is 6.65. The number of carbonyl (C=O) groups is 1. The Balaban J connectivity index is 2.71. The number of carbonyl (C=O) groups excluding carboxylic acids is 1. The molecule has 1 aromatic carbocycles. The van der Waals surface area contributed by atoms with Crippen molar-refractivity contribution < 1.29 is 9.53 Å². The van der Waals surface area contributed by atoms with Gasteiger partial charge in [-0.1, -0.05) is 13.8 Å². The van der Waals surface area contributed by atoms with E-state index in [1.165, 1.54) is 11.8 Å². The van der Waals surface area contributed by atoms with Gasteiger partial charge in [-0.2, -0.15) is 0 Å². The fourth-order valence-electron chi connectivity index (χ4n) is 1.93. The largest absolute Gasteiger partial charge is 0.494 e. The lowest BCUT2D eigenvalue weighted by atomic mass is 10.2. The van der Waals surface area contributed by atoms with Crippen molar-refractivity contribution in [3.05, 3.63) is 18.2 Å². The number of thioether (sulfide) groups is 1. The number of nitrogens with two attached hydrogens (primary N) is 1. The highest BCUT2D eigenvalue weighted by molar-refractivity contribution is 8.00. The minimum Gasteiger partial charge on any atom is -0.494 e. The van der Waals surface area contributed by atoms with Crippen LogP contribution in [0.25, 0.3) is 0 Å². The van der Waals surface area contributed by atoms with Crippen LogP contribution in [-0.4, -0.2) is 23.8 Å². The van der Waals surface area contributed by atoms with Crippen LogP contribution in [0.1, 0.15) is 40.5 Å². The van der Waals surface area contributed by atoms with Gasteiger partial charge in [0.15, 0.2) is 0 Å². The van der Waals surface area contributed by atoms with Crippen molar-refractivity contribution in [1.29, 1.82) is 0 Å². The number of benzene rings is 1. The first-order chi connectivity index (χ1) is 10.0. The Morgan fingerprint density at radius 2 is 2.00 bits per heavy atom. The summed E-state index contributed by atoms with van der Waals surface area (Å²) < 4.78 is 5.47. The molecule has 0 aromatic heterocycles. The van der Waals surface area contributed by atoms with Crippen molar-refractivity contribution in [3.63, 3.8) is 0 Å². The van der Waals surface area contributed by atoms with Gasteiger partial charge in [0.05, 0.1) is 11.9 Å². The van der Waals surface area contributed by atoms with Crippen LogP contribution in [0.2, 0.25) is 0 Å². The summed E-state index contributed by atoms with van der Waals surface area (Å²) in [4.78, 5) is 13.1. The molecule has 0 bridgehead atoms. The molecule has 0 aliphatic carbocycles. The Morgan fingerprint density at radius 3 is 2.57 bits per heavy atom. The summed E-state index contributed by atoms with van der Waals surface area (Å²) in [6.07, 6.45) is 1.89. The minimum atomic E-state index is -0.190.